The molecule has 0 radical (unpaired) electrons. The standard InChI is InChI=1S/C30H25N7O4/c1-18(20-11-13-22(38-3)14-12-20)35-40-16-24-32-28-27-26(23-10-7-15-39-23)25-19(2)33-37(21-8-5-4-6-9-21)30(25)41-29(27)31-17-36(28)34-24/h4-15,17,26H,16H2,1-3H3/b35-18-/t26-/m1/s1. The topological polar surface area (TPSA) is 114 Å². The quantitative estimate of drug-likeness (QED) is 0.191. The lowest BCUT2D eigenvalue weighted by atomic mass is 9.88. The average Bonchev–Trinajstić information content (AvgIpc) is 3.76. The lowest BCUT2D eigenvalue weighted by molar-refractivity contribution is 0.125. The number of fused-ring (bicyclic) bond motifs is 4. The van der Waals surface area contributed by atoms with Gasteiger partial charge in [-0.3, -0.25) is 0 Å². The lowest BCUT2D eigenvalue weighted by Gasteiger charge is -2.24. The molecule has 0 amide bonds. The summed E-state index contributed by atoms with van der Waals surface area (Å²) in [7, 11) is 1.63. The van der Waals surface area contributed by atoms with Crippen molar-refractivity contribution >= 4 is 11.4 Å². The monoisotopic (exact) mass is 547 g/mol. The zero-order chi connectivity index (χ0) is 27.9. The van der Waals surface area contributed by atoms with E-state index in [1.807, 2.05) is 80.6 Å². The van der Waals surface area contributed by atoms with Crippen LogP contribution in [0.5, 0.6) is 17.5 Å². The maximum atomic E-state index is 6.41. The van der Waals surface area contributed by atoms with Crippen LogP contribution in [0.3, 0.4) is 0 Å². The van der Waals surface area contributed by atoms with Crippen molar-refractivity contribution in [3.63, 3.8) is 0 Å². The predicted octanol–water partition coefficient (Wildman–Crippen LogP) is 5.45. The van der Waals surface area contributed by atoms with Crippen molar-refractivity contribution in [2.75, 3.05) is 7.11 Å². The number of aryl methyl sites for hydroxylation is 1. The molecule has 0 unspecified atom stereocenters. The number of hydrogen-bond acceptors (Lipinski definition) is 9. The molecule has 0 bridgehead atoms. The van der Waals surface area contributed by atoms with Crippen molar-refractivity contribution in [2.45, 2.75) is 26.4 Å². The van der Waals surface area contributed by atoms with Gasteiger partial charge in [0.05, 0.1) is 47.5 Å². The number of nitrogens with zero attached hydrogens (tertiary/aromatic N) is 7. The van der Waals surface area contributed by atoms with Crippen molar-refractivity contribution in [3.8, 4) is 23.2 Å². The Bertz CT molecular complexity index is 1870. The van der Waals surface area contributed by atoms with Gasteiger partial charge in [-0.15, -0.1) is 5.10 Å². The molecule has 0 saturated heterocycles. The zero-order valence-corrected chi connectivity index (χ0v) is 22.6. The van der Waals surface area contributed by atoms with E-state index in [0.717, 1.165) is 45.3 Å². The summed E-state index contributed by atoms with van der Waals surface area (Å²) >= 11 is 0. The molecule has 11 heteroatoms. The van der Waals surface area contributed by atoms with E-state index in [2.05, 4.69) is 15.2 Å². The van der Waals surface area contributed by atoms with Crippen molar-refractivity contribution in [3.05, 3.63) is 113 Å². The van der Waals surface area contributed by atoms with Gasteiger partial charge in [-0.1, -0.05) is 23.4 Å². The first-order chi connectivity index (χ1) is 20.1. The maximum Gasteiger partial charge on any atom is 0.230 e. The van der Waals surface area contributed by atoms with Crippen molar-refractivity contribution in [2.24, 2.45) is 5.16 Å². The van der Waals surface area contributed by atoms with Crippen LogP contribution in [0.15, 0.2) is 88.9 Å². The average molecular weight is 548 g/mol. The van der Waals surface area contributed by atoms with E-state index in [4.69, 9.17) is 28.8 Å². The van der Waals surface area contributed by atoms with E-state index in [-0.39, 0.29) is 12.5 Å². The van der Waals surface area contributed by atoms with Gasteiger partial charge < -0.3 is 18.7 Å². The minimum Gasteiger partial charge on any atom is -0.497 e. The molecule has 6 aromatic rings. The number of oxime groups is 1. The number of ether oxygens (including phenoxy) is 2. The van der Waals surface area contributed by atoms with E-state index in [0.29, 0.717) is 23.2 Å². The molecule has 1 aliphatic heterocycles. The molecule has 204 valence electrons. The van der Waals surface area contributed by atoms with Crippen LogP contribution in [0.25, 0.3) is 11.3 Å². The molecule has 1 aliphatic rings. The van der Waals surface area contributed by atoms with Crippen LogP contribution in [-0.2, 0) is 11.4 Å². The smallest absolute Gasteiger partial charge is 0.230 e. The van der Waals surface area contributed by atoms with Crippen LogP contribution >= 0.6 is 0 Å². The van der Waals surface area contributed by atoms with Gasteiger partial charge in [0.2, 0.25) is 11.8 Å². The first-order valence-electron chi connectivity index (χ1n) is 13.0. The van der Waals surface area contributed by atoms with Crippen LogP contribution in [0.1, 0.15) is 46.8 Å². The summed E-state index contributed by atoms with van der Waals surface area (Å²) in [5.41, 5.74) is 5.54. The molecule has 4 aromatic heterocycles. The third kappa shape index (κ3) is 4.27. The number of furan rings is 1. The minimum absolute atomic E-state index is 0.0758. The Labute approximate surface area is 234 Å². The van der Waals surface area contributed by atoms with Crippen molar-refractivity contribution < 1.29 is 18.7 Å². The molecule has 7 rings (SSSR count). The maximum absolute atomic E-state index is 6.41. The number of para-hydroxylation sites is 1. The summed E-state index contributed by atoms with van der Waals surface area (Å²) in [6.07, 6.45) is 3.23. The summed E-state index contributed by atoms with van der Waals surface area (Å²) in [5.74, 6) is 2.60. The fourth-order valence-corrected chi connectivity index (χ4v) is 5.04. The van der Waals surface area contributed by atoms with Crippen molar-refractivity contribution in [1.29, 1.82) is 0 Å². The van der Waals surface area contributed by atoms with Gasteiger partial charge in [-0.05, 0) is 67.9 Å². The molecule has 0 fully saturated rings. The normalized spacial score (nSPS) is 14.4. The summed E-state index contributed by atoms with van der Waals surface area (Å²) in [6.45, 7) is 3.91. The summed E-state index contributed by atoms with van der Waals surface area (Å²) in [4.78, 5) is 15.0. The fourth-order valence-electron chi connectivity index (χ4n) is 5.04. The van der Waals surface area contributed by atoms with Gasteiger partial charge in [0.1, 0.15) is 17.8 Å². The Hall–Kier alpha value is -5.45. The molecule has 5 heterocycles. The fraction of sp³-hybridized carbons (Fsp3) is 0.167. The molecular weight excluding hydrogens is 522 g/mol. The molecule has 0 saturated carbocycles. The first-order valence-corrected chi connectivity index (χ1v) is 13.0. The molecule has 0 aliphatic carbocycles. The lowest BCUT2D eigenvalue weighted by Crippen LogP contribution is -2.15. The molecule has 2 aromatic carbocycles. The van der Waals surface area contributed by atoms with E-state index in [1.54, 1.807) is 28.9 Å². The number of hydrogen-bond donors (Lipinski definition) is 0. The third-order valence-corrected chi connectivity index (χ3v) is 7.00. The predicted molar refractivity (Wildman–Crippen MR) is 149 cm³/mol. The Kier molecular flexibility index (Phi) is 5.96. The SMILES string of the molecule is COc1ccc(/C(C)=N\OCc2nc3c4c(ncn3n2)Oc2c(c(C)nn2-c2ccccc2)[C@H]4c2ccco2)cc1. The van der Waals surface area contributed by atoms with Crippen LogP contribution < -0.4 is 9.47 Å². The molecular formula is C30H25N7O4. The second kappa shape index (κ2) is 9.94. The molecule has 0 spiro atoms. The Morgan fingerprint density at radius 1 is 1.00 bits per heavy atom. The molecule has 11 nitrogen and oxygen atoms in total. The zero-order valence-electron chi connectivity index (χ0n) is 22.6. The third-order valence-electron chi connectivity index (χ3n) is 7.00. The van der Waals surface area contributed by atoms with Gasteiger partial charge in [0.15, 0.2) is 18.1 Å². The number of rotatable bonds is 7. The van der Waals surface area contributed by atoms with Gasteiger partial charge >= 0.3 is 0 Å². The summed E-state index contributed by atoms with van der Waals surface area (Å²) in [6, 6.07) is 21.2. The van der Waals surface area contributed by atoms with Crippen molar-refractivity contribution in [1.82, 2.24) is 29.4 Å². The molecule has 1 atom stereocenters. The van der Waals surface area contributed by atoms with Gasteiger partial charge in [-0.25, -0.2) is 19.2 Å². The van der Waals surface area contributed by atoms with Gasteiger partial charge in [-0.2, -0.15) is 5.10 Å². The van der Waals surface area contributed by atoms with Crippen LogP contribution in [0.2, 0.25) is 0 Å². The number of aromatic nitrogens is 6. The highest BCUT2D eigenvalue weighted by Gasteiger charge is 2.39. The Morgan fingerprint density at radius 3 is 2.59 bits per heavy atom. The van der Waals surface area contributed by atoms with E-state index < -0.39 is 0 Å². The van der Waals surface area contributed by atoms with Crippen LogP contribution in [-0.4, -0.2) is 42.2 Å². The highest BCUT2D eigenvalue weighted by Crippen LogP contribution is 2.49. The van der Waals surface area contributed by atoms with E-state index >= 15 is 0 Å². The summed E-state index contributed by atoms with van der Waals surface area (Å²) in [5, 5.41) is 13.7. The van der Waals surface area contributed by atoms with Gasteiger partial charge in [0.25, 0.3) is 0 Å². The van der Waals surface area contributed by atoms with Crippen LogP contribution in [0.4, 0.5) is 0 Å². The molecule has 41 heavy (non-hydrogen) atoms. The second-order valence-corrected chi connectivity index (χ2v) is 9.54. The first kappa shape index (κ1) is 24.6. The Balaban J connectivity index is 1.25. The summed E-state index contributed by atoms with van der Waals surface area (Å²) < 4.78 is 21.0. The second-order valence-electron chi connectivity index (χ2n) is 9.54. The highest BCUT2D eigenvalue weighted by molar-refractivity contribution is 5.98. The van der Waals surface area contributed by atoms with E-state index in [1.165, 1.54) is 0 Å². The number of benzene rings is 2. The number of methoxy groups -OCH3 is 1. The van der Waals surface area contributed by atoms with Crippen LogP contribution in [0, 0.1) is 6.92 Å². The minimum atomic E-state index is -0.356. The van der Waals surface area contributed by atoms with E-state index in [9.17, 15) is 0 Å². The molecule has 0 N–H and O–H groups in total. The van der Waals surface area contributed by atoms with Gasteiger partial charge in [0, 0.05) is 0 Å². The highest BCUT2D eigenvalue weighted by atomic mass is 16.6. The largest absolute Gasteiger partial charge is 0.497 e. The Morgan fingerprint density at radius 2 is 1.83 bits per heavy atom.